The molecule has 2 unspecified atom stereocenters. The summed E-state index contributed by atoms with van der Waals surface area (Å²) in [6.07, 6.45) is 0.997. The summed E-state index contributed by atoms with van der Waals surface area (Å²) in [5, 5.41) is 0.823. The summed E-state index contributed by atoms with van der Waals surface area (Å²) in [6, 6.07) is 6.61. The lowest BCUT2D eigenvalue weighted by atomic mass is 9.90. The van der Waals surface area contributed by atoms with Crippen molar-refractivity contribution in [2.75, 3.05) is 14.1 Å². The molecule has 1 aliphatic heterocycles. The SMILES string of the molecule is CC(C)=CC(=O)OC(C)(C)C1Oc2ccc3ccc(=O)oc3c2C1N(C)C. The van der Waals surface area contributed by atoms with Gasteiger partial charge in [-0.1, -0.05) is 5.57 Å². The molecular formula is C21H25NO5. The van der Waals surface area contributed by atoms with Crippen molar-refractivity contribution in [2.45, 2.75) is 45.4 Å². The number of ether oxygens (including phenoxy) is 2. The molecule has 3 rings (SSSR count). The Morgan fingerprint density at radius 2 is 1.85 bits per heavy atom. The number of likely N-dealkylation sites (N-methyl/N-ethyl adjacent to an activating group) is 1. The van der Waals surface area contributed by atoms with Gasteiger partial charge < -0.3 is 13.9 Å². The van der Waals surface area contributed by atoms with Crippen LogP contribution in [-0.4, -0.2) is 36.7 Å². The highest BCUT2D eigenvalue weighted by molar-refractivity contribution is 5.84. The first-order valence-electron chi connectivity index (χ1n) is 8.88. The molecule has 0 bridgehead atoms. The zero-order chi connectivity index (χ0) is 19.9. The van der Waals surface area contributed by atoms with E-state index in [1.165, 1.54) is 12.1 Å². The smallest absolute Gasteiger partial charge is 0.336 e. The van der Waals surface area contributed by atoms with Crippen LogP contribution in [0.4, 0.5) is 0 Å². The molecule has 144 valence electrons. The fourth-order valence-corrected chi connectivity index (χ4v) is 3.50. The van der Waals surface area contributed by atoms with Gasteiger partial charge in [0.25, 0.3) is 0 Å². The molecule has 0 fully saturated rings. The van der Waals surface area contributed by atoms with E-state index in [0.717, 1.165) is 16.5 Å². The average Bonchev–Trinajstić information content (AvgIpc) is 2.94. The lowest BCUT2D eigenvalue weighted by Crippen LogP contribution is -2.48. The van der Waals surface area contributed by atoms with E-state index in [9.17, 15) is 9.59 Å². The van der Waals surface area contributed by atoms with Crippen molar-refractivity contribution in [2.24, 2.45) is 0 Å². The van der Waals surface area contributed by atoms with Crippen molar-refractivity contribution in [3.05, 3.63) is 51.9 Å². The maximum Gasteiger partial charge on any atom is 0.336 e. The van der Waals surface area contributed by atoms with E-state index in [-0.39, 0.29) is 6.04 Å². The van der Waals surface area contributed by atoms with Crippen LogP contribution in [0.15, 0.2) is 45.1 Å². The molecule has 0 spiro atoms. The van der Waals surface area contributed by atoms with Gasteiger partial charge in [0.2, 0.25) is 0 Å². The Kier molecular flexibility index (Phi) is 4.86. The van der Waals surface area contributed by atoms with E-state index >= 15 is 0 Å². The Balaban J connectivity index is 2.07. The Morgan fingerprint density at radius 3 is 2.48 bits per heavy atom. The Bertz CT molecular complexity index is 966. The van der Waals surface area contributed by atoms with Crippen molar-refractivity contribution in [1.29, 1.82) is 0 Å². The molecule has 0 N–H and O–H groups in total. The summed E-state index contributed by atoms with van der Waals surface area (Å²) in [4.78, 5) is 26.0. The van der Waals surface area contributed by atoms with Crippen LogP contribution in [0.25, 0.3) is 11.0 Å². The van der Waals surface area contributed by atoms with Gasteiger partial charge in [-0.15, -0.1) is 0 Å². The molecule has 2 aromatic rings. The molecule has 1 aromatic heterocycles. The van der Waals surface area contributed by atoms with Gasteiger partial charge in [-0.05, 0) is 60.0 Å². The van der Waals surface area contributed by atoms with Gasteiger partial charge in [0.15, 0.2) is 6.10 Å². The minimum atomic E-state index is -0.904. The monoisotopic (exact) mass is 371 g/mol. The first-order chi connectivity index (χ1) is 12.6. The summed E-state index contributed by atoms with van der Waals surface area (Å²) in [5.41, 5.74) is 0.854. The molecule has 0 radical (unpaired) electrons. The highest BCUT2D eigenvalue weighted by Crippen LogP contribution is 2.47. The normalized spacial score (nSPS) is 18.9. The van der Waals surface area contributed by atoms with Gasteiger partial charge in [-0.2, -0.15) is 0 Å². The van der Waals surface area contributed by atoms with Crippen LogP contribution in [0.5, 0.6) is 5.75 Å². The molecule has 0 saturated heterocycles. The molecule has 6 heteroatoms. The summed E-state index contributed by atoms with van der Waals surface area (Å²) in [7, 11) is 3.84. The maximum atomic E-state index is 12.2. The maximum absolute atomic E-state index is 12.2. The second-order valence-corrected chi connectivity index (χ2v) is 7.84. The number of benzene rings is 1. The third kappa shape index (κ3) is 3.62. The number of carbonyl (C=O) groups excluding carboxylic acids is 1. The van der Waals surface area contributed by atoms with Gasteiger partial charge in [-0.25, -0.2) is 9.59 Å². The summed E-state index contributed by atoms with van der Waals surface area (Å²) < 4.78 is 17.4. The number of carbonyl (C=O) groups is 1. The lowest BCUT2D eigenvalue weighted by Gasteiger charge is -2.36. The van der Waals surface area contributed by atoms with Crippen LogP contribution in [0.3, 0.4) is 0 Å². The van der Waals surface area contributed by atoms with Gasteiger partial charge in [-0.3, -0.25) is 4.90 Å². The molecule has 2 atom stereocenters. The molecule has 1 aliphatic rings. The molecule has 2 heterocycles. The first-order valence-corrected chi connectivity index (χ1v) is 8.88. The molecule has 0 saturated carbocycles. The molecular weight excluding hydrogens is 346 g/mol. The number of esters is 1. The van der Waals surface area contributed by atoms with Crippen molar-refractivity contribution in [1.82, 2.24) is 4.90 Å². The van der Waals surface area contributed by atoms with Crippen molar-refractivity contribution in [3.63, 3.8) is 0 Å². The topological polar surface area (TPSA) is 69.0 Å². The fourth-order valence-electron chi connectivity index (χ4n) is 3.50. The minimum absolute atomic E-state index is 0.247. The molecule has 27 heavy (non-hydrogen) atoms. The van der Waals surface area contributed by atoms with Crippen LogP contribution in [0.2, 0.25) is 0 Å². The van der Waals surface area contributed by atoms with E-state index in [2.05, 4.69) is 0 Å². The largest absolute Gasteiger partial charge is 0.484 e. The molecule has 0 aliphatic carbocycles. The second kappa shape index (κ2) is 6.85. The average molecular weight is 371 g/mol. The van der Waals surface area contributed by atoms with Gasteiger partial charge in [0.05, 0.1) is 11.6 Å². The van der Waals surface area contributed by atoms with Crippen LogP contribution in [0.1, 0.15) is 39.3 Å². The quantitative estimate of drug-likeness (QED) is 0.466. The van der Waals surface area contributed by atoms with Gasteiger partial charge in [0.1, 0.15) is 16.9 Å². The number of fused-ring (bicyclic) bond motifs is 3. The predicted molar refractivity (Wildman–Crippen MR) is 103 cm³/mol. The Labute approximate surface area is 158 Å². The fraction of sp³-hybridized carbons (Fsp3) is 0.429. The number of rotatable bonds is 4. The van der Waals surface area contributed by atoms with Crippen molar-refractivity contribution in [3.8, 4) is 5.75 Å². The van der Waals surface area contributed by atoms with E-state index in [4.69, 9.17) is 13.9 Å². The number of allylic oxidation sites excluding steroid dienone is 1. The van der Waals surface area contributed by atoms with E-state index in [1.54, 1.807) is 6.07 Å². The minimum Gasteiger partial charge on any atom is -0.484 e. The van der Waals surface area contributed by atoms with Crippen molar-refractivity contribution >= 4 is 16.9 Å². The molecule has 0 amide bonds. The van der Waals surface area contributed by atoms with Crippen LogP contribution in [0, 0.1) is 0 Å². The first kappa shape index (κ1) is 19.2. The van der Waals surface area contributed by atoms with E-state index in [0.29, 0.717) is 11.3 Å². The zero-order valence-electron chi connectivity index (χ0n) is 16.5. The summed E-state index contributed by atoms with van der Waals surface area (Å²) in [6.45, 7) is 7.34. The highest BCUT2D eigenvalue weighted by Gasteiger charge is 2.48. The molecule has 1 aromatic carbocycles. The molecule has 6 nitrogen and oxygen atoms in total. The van der Waals surface area contributed by atoms with E-state index in [1.807, 2.05) is 58.8 Å². The van der Waals surface area contributed by atoms with Crippen molar-refractivity contribution < 1.29 is 18.7 Å². The Morgan fingerprint density at radius 1 is 1.19 bits per heavy atom. The lowest BCUT2D eigenvalue weighted by molar-refractivity contribution is -0.161. The third-order valence-electron chi connectivity index (χ3n) is 4.64. The Hall–Kier alpha value is -2.60. The standard InChI is InChI=1S/C21H25NO5/c1-12(2)11-16(24)27-21(3,4)20-18(22(5)6)17-14(25-20)9-7-13-8-10-15(23)26-19(13)17/h7-11,18,20H,1-6H3. The summed E-state index contributed by atoms with van der Waals surface area (Å²) in [5.74, 6) is 0.223. The van der Waals surface area contributed by atoms with Crippen LogP contribution in [-0.2, 0) is 9.53 Å². The second-order valence-electron chi connectivity index (χ2n) is 7.84. The number of hydrogen-bond acceptors (Lipinski definition) is 6. The summed E-state index contributed by atoms with van der Waals surface area (Å²) >= 11 is 0. The van der Waals surface area contributed by atoms with Gasteiger partial charge >= 0.3 is 11.6 Å². The van der Waals surface area contributed by atoms with E-state index < -0.39 is 23.3 Å². The van der Waals surface area contributed by atoms with Crippen LogP contribution >= 0.6 is 0 Å². The third-order valence-corrected chi connectivity index (χ3v) is 4.64. The zero-order valence-corrected chi connectivity index (χ0v) is 16.5. The van der Waals surface area contributed by atoms with Crippen LogP contribution < -0.4 is 10.4 Å². The predicted octanol–water partition coefficient (Wildman–Crippen LogP) is 3.44. The number of nitrogens with zero attached hydrogens (tertiary/aromatic N) is 1. The highest BCUT2D eigenvalue weighted by atomic mass is 16.6. The number of hydrogen-bond donors (Lipinski definition) is 0. The van der Waals surface area contributed by atoms with Gasteiger partial charge in [0, 0.05) is 17.5 Å².